The minimum Gasteiger partial charge on any atom is -0.410 e. The summed E-state index contributed by atoms with van der Waals surface area (Å²) in [4.78, 5) is 11.1. The number of hydrogen-bond donors (Lipinski definition) is 1. The number of carbonyl (C=O) groups is 1. The monoisotopic (exact) mass is 559 g/mol. The number of phosphoric ester groups is 1. The van der Waals surface area contributed by atoms with E-state index in [1.54, 1.807) is 32.0 Å². The fraction of sp³-hybridized carbons (Fsp3) is 0.208. The number of nitrogens with one attached hydrogen (secondary N) is 1. The summed E-state index contributed by atoms with van der Waals surface area (Å²) >= 11 is 17.6. The van der Waals surface area contributed by atoms with Gasteiger partial charge in [0.25, 0.3) is 0 Å². The smallest absolute Gasteiger partial charge is 0.410 e. The van der Waals surface area contributed by atoms with Crippen LogP contribution in [0.5, 0.6) is 5.75 Å². The van der Waals surface area contributed by atoms with Crippen LogP contribution in [0.3, 0.4) is 0 Å². The van der Waals surface area contributed by atoms with Crippen LogP contribution in [0.15, 0.2) is 66.2 Å². The first-order chi connectivity index (χ1) is 16.8. The van der Waals surface area contributed by atoms with Crippen LogP contribution >= 0.6 is 42.6 Å². The minimum atomic E-state index is -3.73. The van der Waals surface area contributed by atoms with E-state index >= 15 is 0 Å². The Kier molecular flexibility index (Phi) is 11.9. The number of fused-ring (bicyclic) bond motifs is 1. The molecule has 0 unspecified atom stereocenters. The summed E-state index contributed by atoms with van der Waals surface area (Å²) < 4.78 is 32.8. The van der Waals surface area contributed by atoms with Crippen molar-refractivity contribution >= 4 is 65.3 Å². The Balaban J connectivity index is 0.000000256. The summed E-state index contributed by atoms with van der Waals surface area (Å²) in [5.41, 5.74) is 1.55. The molecule has 1 N–H and O–H groups in total. The van der Waals surface area contributed by atoms with Gasteiger partial charge in [-0.2, -0.15) is 0 Å². The predicted molar refractivity (Wildman–Crippen MR) is 141 cm³/mol. The molecule has 0 aliphatic rings. The summed E-state index contributed by atoms with van der Waals surface area (Å²) in [5.74, 6) is 0.658. The molecule has 0 atom stereocenters. The molecular weight excluding hydrogens is 536 g/mol. The van der Waals surface area contributed by atoms with E-state index in [0.29, 0.717) is 21.4 Å². The maximum absolute atomic E-state index is 12.3. The topological polar surface area (TPSA) is 83.1 Å². The molecule has 0 aliphatic carbocycles. The van der Waals surface area contributed by atoms with Gasteiger partial charge in [0.15, 0.2) is 5.76 Å². The van der Waals surface area contributed by atoms with Crippen molar-refractivity contribution in [1.29, 1.82) is 0 Å². The van der Waals surface area contributed by atoms with E-state index in [2.05, 4.69) is 5.32 Å². The molecule has 0 spiro atoms. The van der Waals surface area contributed by atoms with Crippen LogP contribution < -0.4 is 10.1 Å². The number of benzene rings is 3. The van der Waals surface area contributed by atoms with E-state index in [1.165, 1.54) is 13.1 Å². The second kappa shape index (κ2) is 14.3. The number of carbonyl (C=O) groups excluding carboxylic acids is 1. The van der Waals surface area contributed by atoms with E-state index in [9.17, 15) is 9.36 Å². The highest BCUT2D eigenvalue weighted by Crippen LogP contribution is 2.53. The van der Waals surface area contributed by atoms with Crippen LogP contribution in [-0.4, -0.2) is 26.4 Å². The maximum Gasteiger partial charge on any atom is 0.530 e. The Bertz CT molecular complexity index is 1210. The zero-order chi connectivity index (χ0) is 25.8. The zero-order valence-electron chi connectivity index (χ0n) is 19.3. The lowest BCUT2D eigenvalue weighted by Gasteiger charge is -2.19. The number of amides is 1. The molecule has 0 heterocycles. The Morgan fingerprint density at radius 2 is 1.66 bits per heavy atom. The summed E-state index contributed by atoms with van der Waals surface area (Å²) in [5, 5.41) is 5.18. The molecule has 0 saturated carbocycles. The zero-order valence-corrected chi connectivity index (χ0v) is 22.5. The highest BCUT2D eigenvalue weighted by Gasteiger charge is 2.29. The molecule has 0 aliphatic heterocycles. The van der Waals surface area contributed by atoms with Gasteiger partial charge in [-0.1, -0.05) is 71.2 Å². The molecule has 188 valence electrons. The molecular formula is C24H25Cl3NO6P. The van der Waals surface area contributed by atoms with Gasteiger partial charge in [0, 0.05) is 28.6 Å². The van der Waals surface area contributed by atoms with Crippen LogP contribution in [0.4, 0.5) is 4.79 Å². The second-order valence-corrected chi connectivity index (χ2v) is 9.24. The molecule has 0 fully saturated rings. The average molecular weight is 561 g/mol. The van der Waals surface area contributed by atoms with Crippen molar-refractivity contribution in [2.45, 2.75) is 13.8 Å². The van der Waals surface area contributed by atoms with Gasteiger partial charge < -0.3 is 14.6 Å². The van der Waals surface area contributed by atoms with E-state index in [4.69, 9.17) is 53.1 Å². The summed E-state index contributed by atoms with van der Waals surface area (Å²) in [6, 6.07) is 18.1. The van der Waals surface area contributed by atoms with Crippen molar-refractivity contribution in [2.75, 3.05) is 20.3 Å². The summed E-state index contributed by atoms with van der Waals surface area (Å²) in [6.07, 6.45) is -0.452. The number of hydrogen-bond acceptors (Lipinski definition) is 6. The van der Waals surface area contributed by atoms with Crippen LogP contribution in [0.25, 0.3) is 16.5 Å². The molecule has 0 saturated heterocycles. The van der Waals surface area contributed by atoms with Gasteiger partial charge in [-0.25, -0.2) is 9.36 Å². The van der Waals surface area contributed by atoms with Gasteiger partial charge in [-0.05, 0) is 43.5 Å². The van der Waals surface area contributed by atoms with Gasteiger partial charge in [0.1, 0.15) is 5.75 Å². The third kappa shape index (κ3) is 8.73. The fourth-order valence-electron chi connectivity index (χ4n) is 2.78. The van der Waals surface area contributed by atoms with E-state index in [-0.39, 0.29) is 19.0 Å². The number of halogens is 3. The van der Waals surface area contributed by atoms with Crippen LogP contribution in [0.2, 0.25) is 10.0 Å². The van der Waals surface area contributed by atoms with Crippen molar-refractivity contribution in [3.05, 3.63) is 81.8 Å². The highest BCUT2D eigenvalue weighted by atomic mass is 35.5. The van der Waals surface area contributed by atoms with Gasteiger partial charge in [0.2, 0.25) is 0 Å². The SMILES string of the molecule is CCOP(=O)(OCC)O/C(=C/Cl)c1ccc(Cl)cc1Cl.CNC(=O)Oc1cccc2ccccc12. The quantitative estimate of drug-likeness (QED) is 0.220. The minimum absolute atomic E-state index is 0.0820. The molecule has 0 aromatic heterocycles. The molecule has 3 aromatic carbocycles. The van der Waals surface area contributed by atoms with Crippen molar-refractivity contribution < 1.29 is 27.7 Å². The van der Waals surface area contributed by atoms with Crippen LogP contribution in [0, 0.1) is 0 Å². The normalized spacial score (nSPS) is 11.4. The second-order valence-electron chi connectivity index (χ2n) is 6.59. The molecule has 7 nitrogen and oxygen atoms in total. The Morgan fingerprint density at radius 3 is 2.26 bits per heavy atom. The predicted octanol–water partition coefficient (Wildman–Crippen LogP) is 8.29. The lowest BCUT2D eigenvalue weighted by atomic mass is 10.1. The van der Waals surface area contributed by atoms with Crippen molar-refractivity contribution in [1.82, 2.24) is 5.32 Å². The average Bonchev–Trinajstić information content (AvgIpc) is 2.84. The molecule has 3 rings (SSSR count). The Hall–Kier alpha value is -2.25. The van der Waals surface area contributed by atoms with E-state index in [1.807, 2.05) is 36.4 Å². The maximum atomic E-state index is 12.3. The van der Waals surface area contributed by atoms with Crippen LogP contribution in [0.1, 0.15) is 19.4 Å². The largest absolute Gasteiger partial charge is 0.530 e. The summed E-state index contributed by atoms with van der Waals surface area (Å²) in [7, 11) is -2.20. The third-order valence-corrected chi connectivity index (χ3v) is 6.55. The van der Waals surface area contributed by atoms with Gasteiger partial charge in [-0.15, -0.1) is 0 Å². The number of ether oxygens (including phenoxy) is 1. The summed E-state index contributed by atoms with van der Waals surface area (Å²) in [6.45, 7) is 3.69. The van der Waals surface area contributed by atoms with E-state index in [0.717, 1.165) is 16.3 Å². The third-order valence-electron chi connectivity index (χ3n) is 4.24. The molecule has 3 aromatic rings. The Labute approximate surface area is 219 Å². The molecule has 1 amide bonds. The fourth-order valence-corrected chi connectivity index (χ4v) is 4.71. The first kappa shape index (κ1) is 29.0. The van der Waals surface area contributed by atoms with Crippen molar-refractivity contribution in [3.63, 3.8) is 0 Å². The molecule has 11 heteroatoms. The number of rotatable bonds is 8. The van der Waals surface area contributed by atoms with Gasteiger partial charge >= 0.3 is 13.9 Å². The lowest BCUT2D eigenvalue weighted by molar-refractivity contribution is 0.159. The number of phosphoric acid groups is 1. The van der Waals surface area contributed by atoms with Crippen LogP contribution in [-0.2, 0) is 18.1 Å². The standard InChI is InChI=1S/C12H14Cl3O4P.C12H11NO2/c1-3-17-20(16,18-4-2)19-12(8-13)10-6-5-9(14)7-11(10)15;1-13-12(14)15-11-8-4-6-9-5-2-3-7-10(9)11/h5-8H,3-4H2,1-2H3;2-8H,1H3,(H,13,14)/b12-8+;. The molecule has 35 heavy (non-hydrogen) atoms. The van der Waals surface area contributed by atoms with E-state index < -0.39 is 13.9 Å². The van der Waals surface area contributed by atoms with Crippen molar-refractivity contribution in [3.8, 4) is 5.75 Å². The lowest BCUT2D eigenvalue weighted by Crippen LogP contribution is -2.22. The van der Waals surface area contributed by atoms with Gasteiger partial charge in [0.05, 0.1) is 18.2 Å². The Morgan fingerprint density at radius 1 is 1.00 bits per heavy atom. The molecule has 0 radical (unpaired) electrons. The highest BCUT2D eigenvalue weighted by molar-refractivity contribution is 7.48. The molecule has 0 bridgehead atoms. The van der Waals surface area contributed by atoms with Gasteiger partial charge in [-0.3, -0.25) is 9.05 Å². The van der Waals surface area contributed by atoms with Crippen molar-refractivity contribution in [2.24, 2.45) is 0 Å². The first-order valence-electron chi connectivity index (χ1n) is 10.5. The first-order valence-corrected chi connectivity index (χ1v) is 13.1.